The zero-order valence-electron chi connectivity index (χ0n) is 16.9. The molecule has 0 bridgehead atoms. The number of hydrogen-bond acceptors (Lipinski definition) is 4. The molecule has 2 aromatic heterocycles. The molecule has 27 heavy (non-hydrogen) atoms. The minimum atomic E-state index is -1.18. The predicted octanol–water partition coefficient (Wildman–Crippen LogP) is 2.74. The van der Waals surface area contributed by atoms with Gasteiger partial charge in [0.25, 0.3) is 0 Å². The fourth-order valence-corrected chi connectivity index (χ4v) is 2.87. The van der Waals surface area contributed by atoms with Crippen molar-refractivity contribution in [2.45, 2.75) is 66.5 Å². The fourth-order valence-electron chi connectivity index (χ4n) is 2.87. The Morgan fingerprint density at radius 2 is 1.96 bits per heavy atom. The number of anilines is 1. The van der Waals surface area contributed by atoms with Gasteiger partial charge >= 0.3 is 5.97 Å². The van der Waals surface area contributed by atoms with Crippen molar-refractivity contribution in [2.75, 3.05) is 5.32 Å². The highest BCUT2D eigenvalue weighted by Gasteiger charge is 2.30. The van der Waals surface area contributed by atoms with Gasteiger partial charge in [-0.2, -0.15) is 10.2 Å². The average molecular weight is 375 g/mol. The Morgan fingerprint density at radius 1 is 1.30 bits per heavy atom. The molecule has 0 aromatic carbocycles. The van der Waals surface area contributed by atoms with Crippen LogP contribution in [0.1, 0.15) is 51.1 Å². The minimum Gasteiger partial charge on any atom is -0.479 e. The highest BCUT2D eigenvalue weighted by atomic mass is 16.4. The van der Waals surface area contributed by atoms with E-state index in [2.05, 4.69) is 29.4 Å². The molecule has 2 N–H and O–H groups in total. The van der Waals surface area contributed by atoms with E-state index in [1.165, 1.54) is 17.1 Å². The molecule has 8 heteroatoms. The lowest BCUT2D eigenvalue weighted by molar-refractivity contribution is -0.146. The van der Waals surface area contributed by atoms with E-state index in [0.29, 0.717) is 24.4 Å². The van der Waals surface area contributed by atoms with Gasteiger partial charge in [-0.25, -0.2) is 4.79 Å². The summed E-state index contributed by atoms with van der Waals surface area (Å²) in [4.78, 5) is 23.6. The van der Waals surface area contributed by atoms with Crippen LogP contribution < -0.4 is 5.32 Å². The average Bonchev–Trinajstić information content (AvgIpc) is 3.11. The summed E-state index contributed by atoms with van der Waals surface area (Å²) in [5, 5.41) is 20.7. The van der Waals surface area contributed by atoms with E-state index in [0.717, 1.165) is 23.5 Å². The van der Waals surface area contributed by atoms with Crippen LogP contribution in [-0.4, -0.2) is 36.5 Å². The van der Waals surface area contributed by atoms with Crippen molar-refractivity contribution in [3.05, 3.63) is 29.3 Å². The molecule has 0 spiro atoms. The summed E-state index contributed by atoms with van der Waals surface area (Å²) >= 11 is 0. The van der Waals surface area contributed by atoms with E-state index in [-0.39, 0.29) is 5.91 Å². The molecule has 0 fully saturated rings. The number of carbonyl (C=O) groups excluding carboxylic acids is 1. The molecule has 0 atom stereocenters. The van der Waals surface area contributed by atoms with Gasteiger partial charge < -0.3 is 10.4 Å². The Balaban J connectivity index is 1.99. The topological polar surface area (TPSA) is 102 Å². The van der Waals surface area contributed by atoms with Crippen LogP contribution in [0.2, 0.25) is 0 Å². The number of amides is 1. The third kappa shape index (κ3) is 4.75. The van der Waals surface area contributed by atoms with Crippen LogP contribution in [0.4, 0.5) is 5.69 Å². The first kappa shape index (κ1) is 20.7. The van der Waals surface area contributed by atoms with Gasteiger partial charge in [0.05, 0.1) is 17.6 Å². The molecule has 0 saturated carbocycles. The second-order valence-corrected chi connectivity index (χ2v) is 7.81. The third-order valence-corrected chi connectivity index (χ3v) is 4.63. The number of carboxylic acids is 1. The van der Waals surface area contributed by atoms with E-state index in [4.69, 9.17) is 0 Å². The largest absolute Gasteiger partial charge is 0.479 e. The van der Waals surface area contributed by atoms with Crippen molar-refractivity contribution in [1.29, 1.82) is 0 Å². The molecule has 148 valence electrons. The van der Waals surface area contributed by atoms with E-state index in [1.807, 2.05) is 18.5 Å². The predicted molar refractivity (Wildman–Crippen MR) is 103 cm³/mol. The lowest BCUT2D eigenvalue weighted by Gasteiger charge is -2.19. The molecular weight excluding hydrogens is 346 g/mol. The van der Waals surface area contributed by atoms with Gasteiger partial charge in [0, 0.05) is 24.9 Å². The zero-order valence-corrected chi connectivity index (χ0v) is 16.9. The number of carbonyl (C=O) groups is 2. The molecule has 0 aliphatic rings. The number of nitrogens with one attached hydrogen (secondary N) is 1. The molecule has 0 aliphatic carbocycles. The number of carboxylic acid groups (broad SMARTS) is 1. The Kier molecular flexibility index (Phi) is 6.08. The van der Waals surface area contributed by atoms with Crippen molar-refractivity contribution in [1.82, 2.24) is 19.6 Å². The van der Waals surface area contributed by atoms with E-state index in [9.17, 15) is 14.7 Å². The maximum absolute atomic E-state index is 12.3. The lowest BCUT2D eigenvalue weighted by atomic mass is 10.1. The van der Waals surface area contributed by atoms with Crippen LogP contribution in [0.25, 0.3) is 0 Å². The molecule has 0 unspecified atom stereocenters. The summed E-state index contributed by atoms with van der Waals surface area (Å²) in [6.07, 6.45) is 3.92. The number of nitrogens with zero attached hydrogens (tertiary/aromatic N) is 4. The van der Waals surface area contributed by atoms with Crippen LogP contribution >= 0.6 is 0 Å². The van der Waals surface area contributed by atoms with Crippen molar-refractivity contribution in [3.8, 4) is 0 Å². The highest BCUT2D eigenvalue weighted by molar-refractivity contribution is 5.90. The van der Waals surface area contributed by atoms with Gasteiger partial charge in [-0.05, 0) is 45.6 Å². The quantitative estimate of drug-likeness (QED) is 0.739. The monoisotopic (exact) mass is 375 g/mol. The first-order valence-electron chi connectivity index (χ1n) is 9.13. The number of hydrogen-bond donors (Lipinski definition) is 2. The SMILES string of the molecule is Cc1nn(CC(C)C)c(C)c1CCC(=O)Nc1cnn(C(C)(C)C(=O)O)c1. The second kappa shape index (κ2) is 7.94. The Labute approximate surface area is 159 Å². The molecule has 2 rings (SSSR count). The summed E-state index contributed by atoms with van der Waals surface area (Å²) in [6, 6.07) is 0. The summed E-state index contributed by atoms with van der Waals surface area (Å²) in [7, 11) is 0. The van der Waals surface area contributed by atoms with E-state index < -0.39 is 11.5 Å². The number of aliphatic carboxylic acids is 1. The minimum absolute atomic E-state index is 0.141. The maximum atomic E-state index is 12.3. The first-order chi connectivity index (χ1) is 12.5. The number of aryl methyl sites for hydroxylation is 1. The van der Waals surface area contributed by atoms with Gasteiger partial charge in [-0.3, -0.25) is 14.2 Å². The lowest BCUT2D eigenvalue weighted by Crippen LogP contribution is -2.35. The Hall–Kier alpha value is -2.64. The number of aromatic nitrogens is 4. The standard InChI is InChI=1S/C19H29N5O3/c1-12(2)10-23-14(4)16(13(3)22-23)7-8-17(25)21-15-9-20-24(11-15)19(5,6)18(26)27/h9,11-12H,7-8,10H2,1-6H3,(H,21,25)(H,26,27). The van der Waals surface area contributed by atoms with Gasteiger partial charge in [-0.15, -0.1) is 0 Å². The van der Waals surface area contributed by atoms with Gasteiger partial charge in [0.15, 0.2) is 5.54 Å². The van der Waals surface area contributed by atoms with Crippen LogP contribution in [-0.2, 0) is 28.1 Å². The Morgan fingerprint density at radius 3 is 2.56 bits per heavy atom. The summed E-state index contributed by atoms with van der Waals surface area (Å²) in [6.45, 7) is 12.3. The van der Waals surface area contributed by atoms with Crippen LogP contribution in [0.15, 0.2) is 12.4 Å². The first-order valence-corrected chi connectivity index (χ1v) is 9.13. The molecule has 0 saturated heterocycles. The van der Waals surface area contributed by atoms with Crippen LogP contribution in [0.5, 0.6) is 0 Å². The molecule has 0 aliphatic heterocycles. The van der Waals surface area contributed by atoms with Gasteiger partial charge in [-0.1, -0.05) is 13.8 Å². The summed E-state index contributed by atoms with van der Waals surface area (Å²) in [5.41, 5.74) is 2.47. The summed E-state index contributed by atoms with van der Waals surface area (Å²) in [5.74, 6) is -0.628. The normalized spacial score (nSPS) is 11.8. The van der Waals surface area contributed by atoms with Crippen LogP contribution in [0, 0.1) is 19.8 Å². The highest BCUT2D eigenvalue weighted by Crippen LogP contribution is 2.19. The molecule has 0 radical (unpaired) electrons. The van der Waals surface area contributed by atoms with Gasteiger partial charge in [0.1, 0.15) is 0 Å². The van der Waals surface area contributed by atoms with E-state index >= 15 is 0 Å². The van der Waals surface area contributed by atoms with Crippen molar-refractivity contribution in [3.63, 3.8) is 0 Å². The third-order valence-electron chi connectivity index (χ3n) is 4.63. The van der Waals surface area contributed by atoms with Gasteiger partial charge in [0.2, 0.25) is 5.91 Å². The zero-order chi connectivity index (χ0) is 20.4. The second-order valence-electron chi connectivity index (χ2n) is 7.81. The molecule has 2 aromatic rings. The van der Waals surface area contributed by atoms with Crippen LogP contribution in [0.3, 0.4) is 0 Å². The number of rotatable bonds is 8. The van der Waals surface area contributed by atoms with Crippen molar-refractivity contribution < 1.29 is 14.7 Å². The molecule has 2 heterocycles. The maximum Gasteiger partial charge on any atom is 0.331 e. The fraction of sp³-hybridized carbons (Fsp3) is 0.579. The summed E-state index contributed by atoms with van der Waals surface area (Å²) < 4.78 is 3.33. The molecule has 1 amide bonds. The molecule has 8 nitrogen and oxygen atoms in total. The molecular formula is C19H29N5O3. The Bertz CT molecular complexity index is 833. The van der Waals surface area contributed by atoms with Crippen molar-refractivity contribution in [2.24, 2.45) is 5.92 Å². The van der Waals surface area contributed by atoms with E-state index in [1.54, 1.807) is 13.8 Å². The smallest absolute Gasteiger partial charge is 0.331 e. The van der Waals surface area contributed by atoms with Crippen molar-refractivity contribution >= 4 is 17.6 Å².